The van der Waals surface area contributed by atoms with E-state index in [4.69, 9.17) is 14.7 Å². The van der Waals surface area contributed by atoms with Gasteiger partial charge in [-0.2, -0.15) is 5.26 Å². The van der Waals surface area contributed by atoms with Crippen LogP contribution in [0.1, 0.15) is 12.0 Å². The summed E-state index contributed by atoms with van der Waals surface area (Å²) in [5.74, 6) is 0.0894. The highest BCUT2D eigenvalue weighted by Crippen LogP contribution is 2.41. The van der Waals surface area contributed by atoms with Crippen molar-refractivity contribution in [1.82, 2.24) is 0 Å². The SMILES string of the molecule is N#Cc1cccc(NC(=O)C2CC2C(=O)Nc2ccc3c(c2)OCO3)c1. The molecule has 2 unspecified atom stereocenters. The Bertz CT molecular complexity index is 935. The molecule has 0 radical (unpaired) electrons. The highest BCUT2D eigenvalue weighted by Gasteiger charge is 2.48. The van der Waals surface area contributed by atoms with Gasteiger partial charge in [0, 0.05) is 17.4 Å². The zero-order chi connectivity index (χ0) is 18.1. The maximum Gasteiger partial charge on any atom is 0.231 e. The summed E-state index contributed by atoms with van der Waals surface area (Å²) < 4.78 is 10.5. The van der Waals surface area contributed by atoms with Gasteiger partial charge in [0.05, 0.1) is 23.5 Å². The van der Waals surface area contributed by atoms with E-state index in [9.17, 15) is 9.59 Å². The van der Waals surface area contributed by atoms with Crippen molar-refractivity contribution in [2.45, 2.75) is 6.42 Å². The smallest absolute Gasteiger partial charge is 0.231 e. The van der Waals surface area contributed by atoms with E-state index in [2.05, 4.69) is 10.6 Å². The number of carbonyl (C=O) groups is 2. The molecule has 2 atom stereocenters. The second-order valence-corrected chi connectivity index (χ2v) is 6.19. The van der Waals surface area contributed by atoms with Crippen molar-refractivity contribution >= 4 is 23.2 Å². The molecule has 130 valence electrons. The first-order valence-electron chi connectivity index (χ1n) is 8.15. The first-order valence-corrected chi connectivity index (χ1v) is 8.15. The fourth-order valence-corrected chi connectivity index (χ4v) is 2.89. The Morgan fingerprint density at radius 3 is 2.38 bits per heavy atom. The van der Waals surface area contributed by atoms with Crippen molar-refractivity contribution in [2.24, 2.45) is 11.8 Å². The lowest BCUT2D eigenvalue weighted by molar-refractivity contribution is -0.122. The maximum atomic E-state index is 12.3. The molecule has 1 aliphatic heterocycles. The number of nitrogens with zero attached hydrogens (tertiary/aromatic N) is 1. The van der Waals surface area contributed by atoms with Gasteiger partial charge in [-0.1, -0.05) is 6.07 Å². The number of carbonyl (C=O) groups excluding carboxylic acids is 2. The summed E-state index contributed by atoms with van der Waals surface area (Å²) in [5.41, 5.74) is 1.62. The van der Waals surface area contributed by atoms with E-state index in [1.165, 1.54) is 0 Å². The van der Waals surface area contributed by atoms with E-state index < -0.39 is 0 Å². The number of nitrogens with one attached hydrogen (secondary N) is 2. The molecule has 0 bridgehead atoms. The van der Waals surface area contributed by atoms with Gasteiger partial charge >= 0.3 is 0 Å². The van der Waals surface area contributed by atoms with Crippen LogP contribution in [0.15, 0.2) is 42.5 Å². The van der Waals surface area contributed by atoms with Crippen molar-refractivity contribution in [2.75, 3.05) is 17.4 Å². The van der Waals surface area contributed by atoms with Crippen LogP contribution in [0.3, 0.4) is 0 Å². The normalized spacial score (nSPS) is 19.3. The van der Waals surface area contributed by atoms with Gasteiger partial charge in [0.15, 0.2) is 11.5 Å². The number of anilines is 2. The van der Waals surface area contributed by atoms with Crippen LogP contribution in [-0.4, -0.2) is 18.6 Å². The van der Waals surface area contributed by atoms with Crippen molar-refractivity contribution < 1.29 is 19.1 Å². The molecular formula is C19H15N3O4. The molecule has 1 heterocycles. The highest BCUT2D eigenvalue weighted by molar-refractivity contribution is 6.03. The quantitative estimate of drug-likeness (QED) is 0.883. The Balaban J connectivity index is 1.34. The number of benzene rings is 2. The summed E-state index contributed by atoms with van der Waals surface area (Å²) in [5, 5.41) is 14.5. The van der Waals surface area contributed by atoms with Crippen molar-refractivity contribution in [3.8, 4) is 17.6 Å². The minimum absolute atomic E-state index is 0.171. The monoisotopic (exact) mass is 349 g/mol. The average molecular weight is 349 g/mol. The molecule has 1 fully saturated rings. The summed E-state index contributed by atoms with van der Waals surface area (Å²) >= 11 is 0. The van der Waals surface area contributed by atoms with Crippen molar-refractivity contribution in [1.29, 1.82) is 5.26 Å². The number of ether oxygens (including phenoxy) is 2. The third kappa shape index (κ3) is 3.17. The molecule has 1 aliphatic carbocycles. The van der Waals surface area contributed by atoms with Crippen LogP contribution >= 0.6 is 0 Å². The third-order valence-electron chi connectivity index (χ3n) is 4.36. The van der Waals surface area contributed by atoms with Crippen LogP contribution in [-0.2, 0) is 9.59 Å². The molecule has 26 heavy (non-hydrogen) atoms. The molecule has 7 heteroatoms. The van der Waals surface area contributed by atoms with E-state index in [0.717, 1.165) is 0 Å². The van der Waals surface area contributed by atoms with Crippen LogP contribution in [0, 0.1) is 23.2 Å². The molecule has 2 aromatic rings. The predicted octanol–water partition coefficient (Wildman–Crippen LogP) is 2.50. The van der Waals surface area contributed by atoms with Crippen molar-refractivity contribution in [3.63, 3.8) is 0 Å². The second-order valence-electron chi connectivity index (χ2n) is 6.19. The number of amides is 2. The number of hydrogen-bond donors (Lipinski definition) is 2. The number of fused-ring (bicyclic) bond motifs is 1. The fraction of sp³-hybridized carbons (Fsp3) is 0.211. The maximum absolute atomic E-state index is 12.3. The lowest BCUT2D eigenvalue weighted by Gasteiger charge is -2.07. The molecule has 0 spiro atoms. The Morgan fingerprint density at radius 1 is 0.962 bits per heavy atom. The van der Waals surface area contributed by atoms with Crippen LogP contribution in [0.25, 0.3) is 0 Å². The van der Waals surface area contributed by atoms with Gasteiger partial charge in [-0.3, -0.25) is 9.59 Å². The number of nitriles is 1. The Kier molecular flexibility index (Phi) is 3.93. The van der Waals surface area contributed by atoms with Gasteiger partial charge in [-0.25, -0.2) is 0 Å². The molecule has 2 N–H and O–H groups in total. The molecule has 4 rings (SSSR count). The average Bonchev–Trinajstić information content (AvgIpc) is 3.33. The largest absolute Gasteiger partial charge is 0.454 e. The Morgan fingerprint density at radius 2 is 1.65 bits per heavy atom. The first-order chi connectivity index (χ1) is 12.6. The summed E-state index contributed by atoms with van der Waals surface area (Å²) in [6, 6.07) is 13.9. The standard InChI is InChI=1S/C19H15N3O4/c20-9-11-2-1-3-12(6-11)21-18(23)14-8-15(14)19(24)22-13-4-5-16-17(7-13)26-10-25-16/h1-7,14-15H,8,10H2,(H,21,23)(H,22,24). The molecule has 0 aromatic heterocycles. The third-order valence-corrected chi connectivity index (χ3v) is 4.36. The van der Waals surface area contributed by atoms with Gasteiger partial charge in [0.25, 0.3) is 0 Å². The van der Waals surface area contributed by atoms with Gasteiger partial charge in [0.2, 0.25) is 18.6 Å². The molecule has 2 aliphatic rings. The van der Waals surface area contributed by atoms with Gasteiger partial charge < -0.3 is 20.1 Å². The highest BCUT2D eigenvalue weighted by atomic mass is 16.7. The van der Waals surface area contributed by atoms with Crippen LogP contribution < -0.4 is 20.1 Å². The van der Waals surface area contributed by atoms with Crippen molar-refractivity contribution in [3.05, 3.63) is 48.0 Å². The van der Waals surface area contributed by atoms with E-state index in [-0.39, 0.29) is 30.4 Å². The van der Waals surface area contributed by atoms with Crippen LogP contribution in [0.4, 0.5) is 11.4 Å². The molecular weight excluding hydrogens is 334 g/mol. The minimum atomic E-state index is -0.366. The Hall–Kier alpha value is -3.53. The number of rotatable bonds is 4. The molecule has 2 amide bonds. The topological polar surface area (TPSA) is 100 Å². The lowest BCUT2D eigenvalue weighted by atomic mass is 10.2. The zero-order valence-electron chi connectivity index (χ0n) is 13.7. The van der Waals surface area contributed by atoms with Gasteiger partial charge in [-0.15, -0.1) is 0 Å². The summed E-state index contributed by atoms with van der Waals surface area (Å²) in [6.45, 7) is 0.171. The molecule has 0 saturated heterocycles. The second kappa shape index (κ2) is 6.41. The van der Waals surface area contributed by atoms with E-state index in [0.29, 0.717) is 34.9 Å². The molecule has 7 nitrogen and oxygen atoms in total. The summed E-state index contributed by atoms with van der Waals surface area (Å²) in [6.07, 6.45) is 0.500. The first kappa shape index (κ1) is 16.0. The minimum Gasteiger partial charge on any atom is -0.454 e. The summed E-state index contributed by atoms with van der Waals surface area (Å²) in [4.78, 5) is 24.6. The van der Waals surface area contributed by atoms with Crippen LogP contribution in [0.2, 0.25) is 0 Å². The predicted molar refractivity (Wildman–Crippen MR) is 92.6 cm³/mol. The molecule has 2 aromatic carbocycles. The molecule has 1 saturated carbocycles. The lowest BCUT2D eigenvalue weighted by Crippen LogP contribution is -2.20. The zero-order valence-corrected chi connectivity index (χ0v) is 13.7. The van der Waals surface area contributed by atoms with Gasteiger partial charge in [0.1, 0.15) is 0 Å². The van der Waals surface area contributed by atoms with E-state index in [1.807, 2.05) is 6.07 Å². The van der Waals surface area contributed by atoms with E-state index in [1.54, 1.807) is 42.5 Å². The van der Waals surface area contributed by atoms with Crippen LogP contribution in [0.5, 0.6) is 11.5 Å². The van der Waals surface area contributed by atoms with Gasteiger partial charge in [-0.05, 0) is 36.8 Å². The fourth-order valence-electron chi connectivity index (χ4n) is 2.89. The Labute approximate surface area is 149 Å². The summed E-state index contributed by atoms with van der Waals surface area (Å²) in [7, 11) is 0. The number of hydrogen-bond acceptors (Lipinski definition) is 5. The van der Waals surface area contributed by atoms with E-state index >= 15 is 0 Å².